The van der Waals surface area contributed by atoms with Gasteiger partial charge in [-0.25, -0.2) is 9.97 Å². The van der Waals surface area contributed by atoms with E-state index in [0.717, 1.165) is 48.1 Å². The highest BCUT2D eigenvalue weighted by Gasteiger charge is 2.40. The first-order valence-corrected chi connectivity index (χ1v) is 17.8. The van der Waals surface area contributed by atoms with Gasteiger partial charge in [-0.2, -0.15) is 17.0 Å². The Kier molecular flexibility index (Phi) is 8.93. The number of nitrogens with one attached hydrogen (secondary N) is 1. The van der Waals surface area contributed by atoms with Crippen molar-refractivity contribution in [2.75, 3.05) is 11.6 Å². The van der Waals surface area contributed by atoms with E-state index in [1.54, 1.807) is 18.0 Å². The highest BCUT2D eigenvalue weighted by molar-refractivity contribution is 7.97. The number of nitriles is 1. The minimum absolute atomic E-state index is 0.0661. The summed E-state index contributed by atoms with van der Waals surface area (Å²) in [6.07, 6.45) is 7.97. The van der Waals surface area contributed by atoms with Crippen LogP contribution in [0.4, 0.5) is 11.6 Å². The zero-order valence-corrected chi connectivity index (χ0v) is 25.7. The Bertz CT molecular complexity index is 1330. The van der Waals surface area contributed by atoms with Gasteiger partial charge in [0.25, 0.3) is 0 Å². The molecule has 4 rings (SSSR count). The maximum absolute atomic E-state index is 9.40. The van der Waals surface area contributed by atoms with E-state index in [-0.39, 0.29) is 11.1 Å². The fraction of sp³-hybridized carbons (Fsp3) is 0.483. The third-order valence-corrected chi connectivity index (χ3v) is 13.0. The maximum atomic E-state index is 9.40. The Morgan fingerprint density at radius 3 is 2.50 bits per heavy atom. The quantitative estimate of drug-likeness (QED) is 0.273. The summed E-state index contributed by atoms with van der Waals surface area (Å²) in [7, 11) is -1.79. The van der Waals surface area contributed by atoms with Crippen molar-refractivity contribution >= 4 is 54.2 Å². The van der Waals surface area contributed by atoms with E-state index in [4.69, 9.17) is 25.7 Å². The van der Waals surface area contributed by atoms with Crippen LogP contribution in [-0.4, -0.2) is 36.7 Å². The molecule has 0 atom stereocenters. The van der Waals surface area contributed by atoms with E-state index in [1.165, 1.54) is 0 Å². The predicted molar refractivity (Wildman–Crippen MR) is 161 cm³/mol. The first kappa shape index (κ1) is 28.7. The molecule has 38 heavy (non-hydrogen) atoms. The largest absolute Gasteiger partial charge is 0.487 e. The third kappa shape index (κ3) is 6.63. The molecule has 0 radical (unpaired) electrons. The molecule has 0 bridgehead atoms. The fourth-order valence-corrected chi connectivity index (χ4v) is 6.60. The molecule has 0 aliphatic heterocycles. The smallest absolute Gasteiger partial charge is 0.227 e. The molecule has 3 aromatic rings. The monoisotopic (exact) mass is 568 g/mol. The molecule has 1 aliphatic rings. The van der Waals surface area contributed by atoms with Crippen LogP contribution in [0.15, 0.2) is 36.5 Å². The topological polar surface area (TPSA) is 80.1 Å². The lowest BCUT2D eigenvalue weighted by Crippen LogP contribution is -2.45. The molecule has 6 nitrogen and oxygen atoms in total. The number of hydrogen-bond acceptors (Lipinski definition) is 7. The van der Waals surface area contributed by atoms with Crippen LogP contribution in [-0.2, 0) is 10.2 Å². The maximum Gasteiger partial charge on any atom is 0.227 e. The number of nitrogens with zero attached hydrogens (tertiary/aromatic N) is 3. The standard InChI is InChI=1S/C29H37ClN4O2SSi/c1-29(2,3)38(5,6)36-24-12-10-23(11-13-24)35-27-25(30)14-8-20-17-32-28(34-26(20)27)33-22-9-7-19(16-31)21(15-22)18-37-4/h7-9,14-15,17,23-24H,10-13,18H2,1-6H3,(H,32,33,34)/t23-,24+. The summed E-state index contributed by atoms with van der Waals surface area (Å²) in [5.41, 5.74) is 3.17. The summed E-state index contributed by atoms with van der Waals surface area (Å²) >= 11 is 8.31. The van der Waals surface area contributed by atoms with Crippen molar-refractivity contribution < 1.29 is 9.16 Å². The van der Waals surface area contributed by atoms with Crippen molar-refractivity contribution in [2.24, 2.45) is 0 Å². The average molecular weight is 569 g/mol. The molecular formula is C29H37ClN4O2SSi. The lowest BCUT2D eigenvalue weighted by Gasteiger charge is -2.41. The number of rotatable bonds is 8. The molecule has 1 aromatic heterocycles. The summed E-state index contributed by atoms with van der Waals surface area (Å²) in [5, 5.41) is 14.3. The number of anilines is 2. The van der Waals surface area contributed by atoms with Gasteiger partial charge < -0.3 is 14.5 Å². The molecule has 9 heteroatoms. The van der Waals surface area contributed by atoms with Gasteiger partial charge in [-0.15, -0.1) is 0 Å². The van der Waals surface area contributed by atoms with E-state index in [0.29, 0.717) is 33.9 Å². The van der Waals surface area contributed by atoms with Gasteiger partial charge in [-0.1, -0.05) is 32.4 Å². The van der Waals surface area contributed by atoms with Gasteiger partial charge in [0, 0.05) is 29.1 Å². The zero-order chi connectivity index (χ0) is 27.5. The van der Waals surface area contributed by atoms with Gasteiger partial charge in [0.2, 0.25) is 5.95 Å². The summed E-state index contributed by atoms with van der Waals surface area (Å²) in [5.74, 6) is 1.82. The summed E-state index contributed by atoms with van der Waals surface area (Å²) in [4.78, 5) is 9.28. The summed E-state index contributed by atoms with van der Waals surface area (Å²) in [6, 6.07) is 11.7. The molecule has 1 heterocycles. The Balaban J connectivity index is 1.50. The Morgan fingerprint density at radius 1 is 1.13 bits per heavy atom. The van der Waals surface area contributed by atoms with Gasteiger partial charge in [0.05, 0.1) is 22.8 Å². The molecule has 1 saturated carbocycles. The van der Waals surface area contributed by atoms with Crippen LogP contribution >= 0.6 is 23.4 Å². The Hall–Kier alpha value is -2.31. The first-order chi connectivity index (χ1) is 18.0. The van der Waals surface area contributed by atoms with Crippen molar-refractivity contribution in [3.63, 3.8) is 0 Å². The highest BCUT2D eigenvalue weighted by Crippen LogP contribution is 2.40. The van der Waals surface area contributed by atoms with Gasteiger partial charge in [-0.05, 0) is 86.0 Å². The van der Waals surface area contributed by atoms with Gasteiger partial charge >= 0.3 is 0 Å². The van der Waals surface area contributed by atoms with Crippen LogP contribution in [0.5, 0.6) is 5.75 Å². The number of aromatic nitrogens is 2. The van der Waals surface area contributed by atoms with Crippen molar-refractivity contribution in [1.29, 1.82) is 5.26 Å². The fourth-order valence-electron chi connectivity index (χ4n) is 4.43. The minimum atomic E-state index is -1.79. The molecule has 0 spiro atoms. The van der Waals surface area contributed by atoms with E-state index in [1.807, 2.05) is 36.6 Å². The normalized spacial score (nSPS) is 18.3. The van der Waals surface area contributed by atoms with Crippen molar-refractivity contribution in [3.05, 3.63) is 52.7 Å². The third-order valence-electron chi connectivity index (χ3n) is 7.61. The number of ether oxygens (including phenoxy) is 1. The van der Waals surface area contributed by atoms with Crippen molar-refractivity contribution in [1.82, 2.24) is 9.97 Å². The second-order valence-corrected chi connectivity index (χ2v) is 17.5. The zero-order valence-electron chi connectivity index (χ0n) is 23.1. The minimum Gasteiger partial charge on any atom is -0.487 e. The van der Waals surface area contributed by atoms with Gasteiger partial charge in [0.15, 0.2) is 14.1 Å². The van der Waals surface area contributed by atoms with Crippen LogP contribution < -0.4 is 10.1 Å². The molecule has 0 amide bonds. The lowest BCUT2D eigenvalue weighted by atomic mass is 9.95. The SMILES string of the molecule is CSCc1cc(Nc2ncc3ccc(Cl)c(O[C@H]4CC[C@@H](O[Si](C)(C)C(C)(C)C)CC4)c3n2)ccc1C#N. The predicted octanol–water partition coefficient (Wildman–Crippen LogP) is 8.47. The van der Waals surface area contributed by atoms with E-state index >= 15 is 0 Å². The average Bonchev–Trinajstić information content (AvgIpc) is 2.86. The summed E-state index contributed by atoms with van der Waals surface area (Å²) < 4.78 is 13.2. The number of hydrogen-bond donors (Lipinski definition) is 1. The molecule has 0 saturated heterocycles. The van der Waals surface area contributed by atoms with Gasteiger partial charge in [-0.3, -0.25) is 0 Å². The molecule has 202 valence electrons. The van der Waals surface area contributed by atoms with Crippen molar-refractivity contribution in [2.45, 2.75) is 82.5 Å². The Labute approximate surface area is 236 Å². The second-order valence-electron chi connectivity index (χ2n) is 11.4. The lowest BCUT2D eigenvalue weighted by molar-refractivity contribution is 0.0733. The number of thioether (sulfide) groups is 1. The molecule has 2 aromatic carbocycles. The van der Waals surface area contributed by atoms with Crippen LogP contribution in [0.2, 0.25) is 23.2 Å². The van der Waals surface area contributed by atoms with E-state index < -0.39 is 8.32 Å². The van der Waals surface area contributed by atoms with Crippen LogP contribution in [0.3, 0.4) is 0 Å². The van der Waals surface area contributed by atoms with Crippen LogP contribution in [0, 0.1) is 11.3 Å². The Morgan fingerprint density at radius 2 is 1.84 bits per heavy atom. The van der Waals surface area contributed by atoms with Gasteiger partial charge in [0.1, 0.15) is 5.52 Å². The number of halogens is 1. The van der Waals surface area contributed by atoms with Crippen LogP contribution in [0.25, 0.3) is 10.9 Å². The summed E-state index contributed by atoms with van der Waals surface area (Å²) in [6.45, 7) is 11.5. The van der Waals surface area contributed by atoms with E-state index in [9.17, 15) is 5.26 Å². The second kappa shape index (κ2) is 11.8. The molecule has 1 fully saturated rings. The highest BCUT2D eigenvalue weighted by atomic mass is 35.5. The molecule has 1 N–H and O–H groups in total. The van der Waals surface area contributed by atoms with E-state index in [2.05, 4.69) is 50.2 Å². The number of fused-ring (bicyclic) bond motifs is 1. The van der Waals surface area contributed by atoms with Crippen molar-refractivity contribution in [3.8, 4) is 11.8 Å². The van der Waals surface area contributed by atoms with Crippen LogP contribution in [0.1, 0.15) is 57.6 Å². The number of benzene rings is 2. The molecular weight excluding hydrogens is 532 g/mol. The molecule has 1 aliphatic carbocycles. The molecule has 0 unspecified atom stereocenters. The first-order valence-electron chi connectivity index (χ1n) is 13.1.